The molecule has 0 unspecified atom stereocenters. The molecule has 18 heavy (non-hydrogen) atoms. The van der Waals surface area contributed by atoms with Gasteiger partial charge in [0.1, 0.15) is 6.73 Å². The van der Waals surface area contributed by atoms with Crippen molar-refractivity contribution in [2.75, 3.05) is 19.9 Å². The van der Waals surface area contributed by atoms with Crippen LogP contribution in [-0.2, 0) is 27.6 Å². The molecule has 0 aromatic heterocycles. The van der Waals surface area contributed by atoms with E-state index in [0.29, 0.717) is 18.0 Å². The molecular weight excluding hydrogens is 250 g/mol. The highest BCUT2D eigenvalue weighted by Crippen LogP contribution is 2.26. The first-order valence-corrected chi connectivity index (χ1v) is 7.82. The molecule has 5 heteroatoms. The Bertz CT molecular complexity index is 547. The Labute approximate surface area is 108 Å². The normalized spacial score (nSPS) is 20.9. The molecule has 0 radical (unpaired) electrons. The van der Waals surface area contributed by atoms with Crippen molar-refractivity contribution in [3.05, 3.63) is 29.3 Å². The Morgan fingerprint density at radius 3 is 2.72 bits per heavy atom. The van der Waals surface area contributed by atoms with Gasteiger partial charge in [-0.25, -0.2) is 8.42 Å². The number of hydrogen-bond donors (Lipinski definition) is 0. The van der Waals surface area contributed by atoms with Gasteiger partial charge in [0.2, 0.25) is 10.0 Å². The minimum atomic E-state index is -3.38. The van der Waals surface area contributed by atoms with Crippen LogP contribution in [0.1, 0.15) is 24.0 Å². The highest BCUT2D eigenvalue weighted by atomic mass is 32.2. The predicted octanol–water partition coefficient (Wildman–Crippen LogP) is 1.54. The molecule has 1 fully saturated rings. The number of nitrogens with zero attached hydrogens (tertiary/aromatic N) is 1. The zero-order valence-corrected chi connectivity index (χ0v) is 11.1. The predicted molar refractivity (Wildman–Crippen MR) is 67.8 cm³/mol. The summed E-state index contributed by atoms with van der Waals surface area (Å²) in [4.78, 5) is 0.411. The maximum absolute atomic E-state index is 12.4. The molecule has 0 amide bonds. The molecule has 1 aliphatic carbocycles. The van der Waals surface area contributed by atoms with Gasteiger partial charge in [0.15, 0.2) is 0 Å². The highest BCUT2D eigenvalue weighted by molar-refractivity contribution is 7.89. The van der Waals surface area contributed by atoms with E-state index in [0.717, 1.165) is 25.7 Å². The minimum Gasteiger partial charge on any atom is -0.365 e. The molecule has 0 atom stereocenters. The summed E-state index contributed by atoms with van der Waals surface area (Å²) in [5, 5.41) is 0. The van der Waals surface area contributed by atoms with E-state index in [4.69, 9.17) is 4.74 Å². The van der Waals surface area contributed by atoms with Gasteiger partial charge in [-0.2, -0.15) is 4.31 Å². The molecule has 3 rings (SSSR count). The number of ether oxygens (including phenoxy) is 1. The lowest BCUT2D eigenvalue weighted by molar-refractivity contribution is 0.0313. The fraction of sp³-hybridized carbons (Fsp3) is 0.538. The topological polar surface area (TPSA) is 46.6 Å². The van der Waals surface area contributed by atoms with Crippen molar-refractivity contribution < 1.29 is 13.2 Å². The number of benzene rings is 1. The van der Waals surface area contributed by atoms with Gasteiger partial charge in [0.25, 0.3) is 0 Å². The maximum Gasteiger partial charge on any atom is 0.245 e. The van der Waals surface area contributed by atoms with Crippen molar-refractivity contribution in [2.45, 2.75) is 30.6 Å². The van der Waals surface area contributed by atoms with Crippen LogP contribution in [0.3, 0.4) is 0 Å². The SMILES string of the molecule is O=S(=O)(c1ccc2c(c1)CCC2)N1CCCOC1. The first-order chi connectivity index (χ1) is 8.68. The number of sulfonamides is 1. The van der Waals surface area contributed by atoms with Gasteiger partial charge >= 0.3 is 0 Å². The Hall–Kier alpha value is -0.910. The largest absolute Gasteiger partial charge is 0.365 e. The number of hydrogen-bond acceptors (Lipinski definition) is 3. The van der Waals surface area contributed by atoms with Crippen LogP contribution in [0.25, 0.3) is 0 Å². The molecule has 1 saturated heterocycles. The fourth-order valence-corrected chi connectivity index (χ4v) is 4.03. The molecule has 2 aliphatic rings. The van der Waals surface area contributed by atoms with Gasteiger partial charge in [-0.05, 0) is 48.9 Å². The first-order valence-electron chi connectivity index (χ1n) is 6.37. The molecule has 0 spiro atoms. The van der Waals surface area contributed by atoms with E-state index in [1.807, 2.05) is 12.1 Å². The summed E-state index contributed by atoms with van der Waals surface area (Å²) in [6.45, 7) is 1.38. The molecule has 1 heterocycles. The third-order valence-electron chi connectivity index (χ3n) is 3.64. The molecular formula is C13H17NO3S. The molecule has 4 nitrogen and oxygen atoms in total. The summed E-state index contributed by atoms with van der Waals surface area (Å²) in [7, 11) is -3.38. The van der Waals surface area contributed by atoms with Crippen LogP contribution < -0.4 is 0 Å². The summed E-state index contributed by atoms with van der Waals surface area (Å²) in [6.07, 6.45) is 3.97. The van der Waals surface area contributed by atoms with Crippen molar-refractivity contribution >= 4 is 10.0 Å². The zero-order chi connectivity index (χ0) is 12.6. The van der Waals surface area contributed by atoms with Crippen LogP contribution >= 0.6 is 0 Å². The van der Waals surface area contributed by atoms with Gasteiger partial charge in [-0.3, -0.25) is 0 Å². The molecule has 1 aromatic rings. The van der Waals surface area contributed by atoms with Gasteiger partial charge in [-0.15, -0.1) is 0 Å². The van der Waals surface area contributed by atoms with Crippen molar-refractivity contribution in [2.24, 2.45) is 0 Å². The Balaban J connectivity index is 1.93. The van der Waals surface area contributed by atoms with Crippen LogP contribution in [-0.4, -0.2) is 32.6 Å². The van der Waals surface area contributed by atoms with Crippen LogP contribution in [0.2, 0.25) is 0 Å². The quantitative estimate of drug-likeness (QED) is 0.816. The minimum absolute atomic E-state index is 0.180. The van der Waals surface area contributed by atoms with Gasteiger partial charge in [-0.1, -0.05) is 6.07 Å². The molecule has 0 N–H and O–H groups in total. The second kappa shape index (κ2) is 4.64. The smallest absolute Gasteiger partial charge is 0.245 e. The zero-order valence-electron chi connectivity index (χ0n) is 10.3. The van der Waals surface area contributed by atoms with E-state index in [2.05, 4.69) is 0 Å². The molecule has 0 bridgehead atoms. The maximum atomic E-state index is 12.4. The molecule has 0 saturated carbocycles. The number of fused-ring (bicyclic) bond motifs is 1. The Morgan fingerprint density at radius 2 is 1.94 bits per heavy atom. The standard InChI is InChI=1S/C13H17NO3S/c15-18(16,14-7-2-8-17-10-14)13-6-5-11-3-1-4-12(11)9-13/h5-6,9H,1-4,7-8,10H2. The summed E-state index contributed by atoms with van der Waals surface area (Å²) in [5.41, 5.74) is 2.48. The van der Waals surface area contributed by atoms with Crippen LogP contribution in [0.4, 0.5) is 0 Å². The Kier molecular flexibility index (Phi) is 3.13. The van der Waals surface area contributed by atoms with E-state index in [9.17, 15) is 8.42 Å². The first kappa shape index (κ1) is 12.1. The van der Waals surface area contributed by atoms with Crippen molar-refractivity contribution in [3.8, 4) is 0 Å². The Morgan fingerprint density at radius 1 is 1.11 bits per heavy atom. The summed E-state index contributed by atoms with van der Waals surface area (Å²) in [6, 6.07) is 5.53. The van der Waals surface area contributed by atoms with E-state index in [1.165, 1.54) is 15.4 Å². The summed E-state index contributed by atoms with van der Waals surface area (Å²) >= 11 is 0. The molecule has 1 aliphatic heterocycles. The van der Waals surface area contributed by atoms with Crippen LogP contribution in [0.5, 0.6) is 0 Å². The van der Waals surface area contributed by atoms with E-state index >= 15 is 0 Å². The third-order valence-corrected chi connectivity index (χ3v) is 5.46. The van der Waals surface area contributed by atoms with E-state index in [-0.39, 0.29) is 6.73 Å². The van der Waals surface area contributed by atoms with E-state index < -0.39 is 10.0 Å². The van der Waals surface area contributed by atoms with Crippen molar-refractivity contribution in [1.82, 2.24) is 4.31 Å². The number of aryl methyl sites for hydroxylation is 2. The lowest BCUT2D eigenvalue weighted by Crippen LogP contribution is -2.38. The highest BCUT2D eigenvalue weighted by Gasteiger charge is 2.27. The molecule has 98 valence electrons. The summed E-state index contributed by atoms with van der Waals surface area (Å²) < 4.78 is 31.5. The van der Waals surface area contributed by atoms with Gasteiger partial charge in [0.05, 0.1) is 4.90 Å². The monoisotopic (exact) mass is 267 g/mol. The average Bonchev–Trinajstić information content (AvgIpc) is 2.87. The lowest BCUT2D eigenvalue weighted by Gasteiger charge is -2.26. The van der Waals surface area contributed by atoms with Crippen LogP contribution in [0.15, 0.2) is 23.1 Å². The average molecular weight is 267 g/mol. The fourth-order valence-electron chi connectivity index (χ4n) is 2.62. The second-order valence-electron chi connectivity index (χ2n) is 4.86. The summed E-state index contributed by atoms with van der Waals surface area (Å²) in [5.74, 6) is 0. The van der Waals surface area contributed by atoms with Crippen molar-refractivity contribution in [1.29, 1.82) is 0 Å². The second-order valence-corrected chi connectivity index (χ2v) is 6.79. The van der Waals surface area contributed by atoms with E-state index in [1.54, 1.807) is 6.07 Å². The van der Waals surface area contributed by atoms with Crippen molar-refractivity contribution in [3.63, 3.8) is 0 Å². The third kappa shape index (κ3) is 2.06. The van der Waals surface area contributed by atoms with Gasteiger partial charge < -0.3 is 4.74 Å². The number of rotatable bonds is 2. The van der Waals surface area contributed by atoms with Gasteiger partial charge in [0, 0.05) is 13.2 Å². The van der Waals surface area contributed by atoms with Crippen LogP contribution in [0, 0.1) is 0 Å². The molecule has 1 aromatic carbocycles. The lowest BCUT2D eigenvalue weighted by atomic mass is 10.1.